The third kappa shape index (κ3) is 4.54. The van der Waals surface area contributed by atoms with Gasteiger partial charge in [0.05, 0.1) is 10.2 Å². The van der Waals surface area contributed by atoms with Gasteiger partial charge < -0.3 is 10.2 Å². The van der Waals surface area contributed by atoms with Gasteiger partial charge in [0.15, 0.2) is 0 Å². The van der Waals surface area contributed by atoms with Crippen molar-refractivity contribution in [2.24, 2.45) is 0 Å². The van der Waals surface area contributed by atoms with Crippen LogP contribution < -0.4 is 15.5 Å². The molecule has 6 nitrogen and oxygen atoms in total. The lowest BCUT2D eigenvalue weighted by Gasteiger charge is -2.23. The van der Waals surface area contributed by atoms with Crippen molar-refractivity contribution < 1.29 is 9.49 Å². The van der Waals surface area contributed by atoms with E-state index in [1.807, 2.05) is 62.4 Å². The van der Waals surface area contributed by atoms with E-state index < -0.39 is 12.4 Å². The van der Waals surface area contributed by atoms with E-state index in [1.165, 1.54) is 24.3 Å². The predicted octanol–water partition coefficient (Wildman–Crippen LogP) is 5.25. The number of nitro benzene ring substituents is 1. The lowest BCUT2D eigenvalue weighted by Crippen LogP contribution is -2.18. The molecular weight excluding hydrogens is 361 g/mol. The highest BCUT2D eigenvalue weighted by Gasteiger charge is 2.26. The van der Waals surface area contributed by atoms with Crippen LogP contribution in [0.4, 0.5) is 17.1 Å². The van der Waals surface area contributed by atoms with Gasteiger partial charge >= 0.3 is 0 Å². The average molecular weight is 381 g/mol. The number of aryl methyl sites for hydroxylation is 2. The number of nitrogens with one attached hydrogen (secondary N) is 2. The number of anilines is 2. The molecule has 2 N–H and O–H groups in total. The molecule has 0 aliphatic heterocycles. The number of hydrogen-bond donors (Lipinski definition) is 2. The van der Waals surface area contributed by atoms with Gasteiger partial charge in [-0.3, -0.25) is 14.7 Å². The molecule has 3 aromatic carbocycles. The van der Waals surface area contributed by atoms with Crippen LogP contribution in [0.25, 0.3) is 0 Å². The zero-order valence-corrected chi connectivity index (χ0v) is 15.9. The lowest BCUT2D eigenvalue weighted by molar-refractivity contribution is -0.384. The van der Waals surface area contributed by atoms with Gasteiger partial charge in [0.25, 0.3) is 13.1 Å². The number of benzene rings is 3. The molecular formula is C20H20N3O3P. The lowest BCUT2D eigenvalue weighted by atomic mass is 10.2. The molecule has 3 aromatic rings. The second kappa shape index (κ2) is 7.64. The van der Waals surface area contributed by atoms with Crippen molar-refractivity contribution in [2.45, 2.75) is 13.8 Å². The molecule has 0 amide bonds. The molecule has 0 radical (unpaired) electrons. The molecule has 0 unspecified atom stereocenters. The highest BCUT2D eigenvalue weighted by atomic mass is 31.2. The summed E-state index contributed by atoms with van der Waals surface area (Å²) in [4.78, 5) is 10.4. The third-order valence-electron chi connectivity index (χ3n) is 4.10. The molecule has 0 atom stereocenters. The predicted molar refractivity (Wildman–Crippen MR) is 110 cm³/mol. The Morgan fingerprint density at radius 1 is 0.741 bits per heavy atom. The summed E-state index contributed by atoms with van der Waals surface area (Å²) >= 11 is 0. The van der Waals surface area contributed by atoms with Crippen molar-refractivity contribution in [3.05, 3.63) is 94.0 Å². The van der Waals surface area contributed by atoms with Crippen LogP contribution in [0, 0.1) is 24.0 Å². The first kappa shape index (κ1) is 18.7. The van der Waals surface area contributed by atoms with Gasteiger partial charge in [-0.1, -0.05) is 35.4 Å². The fourth-order valence-corrected chi connectivity index (χ4v) is 4.47. The molecule has 0 spiro atoms. The Labute approximate surface area is 157 Å². The molecule has 0 saturated carbocycles. The fraction of sp³-hybridized carbons (Fsp3) is 0.100. The van der Waals surface area contributed by atoms with E-state index in [1.54, 1.807) is 0 Å². The smallest absolute Gasteiger partial charge is 0.287 e. The van der Waals surface area contributed by atoms with Gasteiger partial charge in [0.2, 0.25) is 0 Å². The summed E-state index contributed by atoms with van der Waals surface area (Å²) in [6.07, 6.45) is 0. The minimum atomic E-state index is -3.32. The van der Waals surface area contributed by atoms with Gasteiger partial charge in [-0.2, -0.15) is 0 Å². The maximum atomic E-state index is 13.8. The number of hydrogen-bond acceptors (Lipinski definition) is 3. The fourth-order valence-electron chi connectivity index (χ4n) is 2.56. The number of nitro groups is 1. The Bertz CT molecular complexity index is 933. The molecule has 0 saturated heterocycles. The van der Waals surface area contributed by atoms with Crippen LogP contribution in [0.5, 0.6) is 0 Å². The van der Waals surface area contributed by atoms with Gasteiger partial charge in [-0.15, -0.1) is 0 Å². The summed E-state index contributed by atoms with van der Waals surface area (Å²) < 4.78 is 13.8. The highest BCUT2D eigenvalue weighted by Crippen LogP contribution is 2.44. The highest BCUT2D eigenvalue weighted by molar-refractivity contribution is 7.74. The number of nitrogens with zero attached hydrogens (tertiary/aromatic N) is 1. The number of rotatable bonds is 6. The van der Waals surface area contributed by atoms with Crippen molar-refractivity contribution >= 4 is 29.8 Å². The van der Waals surface area contributed by atoms with Crippen LogP contribution >= 0.6 is 7.44 Å². The maximum Gasteiger partial charge on any atom is 0.287 e. The van der Waals surface area contributed by atoms with Crippen molar-refractivity contribution in [1.29, 1.82) is 0 Å². The molecule has 0 aromatic heterocycles. The zero-order chi connectivity index (χ0) is 19.4. The normalized spacial score (nSPS) is 11.0. The van der Waals surface area contributed by atoms with Crippen molar-refractivity contribution in [3.8, 4) is 0 Å². The SMILES string of the molecule is Cc1ccc(NP(=O)(Nc2ccc(C)cc2)c2ccc([N+](=O)[O-])cc2)cc1. The second-order valence-corrected chi connectivity index (χ2v) is 8.52. The summed E-state index contributed by atoms with van der Waals surface area (Å²) in [5.74, 6) is 0. The van der Waals surface area contributed by atoms with Gasteiger partial charge in [-0.25, -0.2) is 0 Å². The van der Waals surface area contributed by atoms with Gasteiger partial charge in [0.1, 0.15) is 0 Å². The van der Waals surface area contributed by atoms with Crippen LogP contribution in [-0.4, -0.2) is 4.92 Å². The van der Waals surface area contributed by atoms with E-state index in [9.17, 15) is 14.7 Å². The third-order valence-corrected chi connectivity index (χ3v) is 6.27. The molecule has 7 heteroatoms. The number of non-ortho nitro benzene ring substituents is 1. The van der Waals surface area contributed by atoms with E-state index >= 15 is 0 Å². The van der Waals surface area contributed by atoms with Gasteiger partial charge in [-0.05, 0) is 50.2 Å². The molecule has 138 valence electrons. The minimum Gasteiger partial charge on any atom is -0.317 e. The maximum absolute atomic E-state index is 13.8. The molecule has 0 heterocycles. The Hall–Kier alpha value is -3.11. The first-order valence-corrected chi connectivity index (χ1v) is 10.1. The van der Waals surface area contributed by atoms with Crippen LogP contribution in [0.15, 0.2) is 72.8 Å². The van der Waals surface area contributed by atoms with Crippen LogP contribution in [0.1, 0.15) is 11.1 Å². The monoisotopic (exact) mass is 381 g/mol. The summed E-state index contributed by atoms with van der Waals surface area (Å²) in [5.41, 5.74) is 3.54. The average Bonchev–Trinajstić information content (AvgIpc) is 2.66. The standard InChI is InChI=1S/C20H20N3O3P/c1-15-3-7-17(8-4-15)21-27(26,22-18-9-5-16(2)6-10-18)20-13-11-19(12-14-20)23(24)25/h3-14H,1-2H3,(H2,21,22,26). The molecule has 0 bridgehead atoms. The summed E-state index contributed by atoms with van der Waals surface area (Å²) in [6.45, 7) is 3.95. The van der Waals surface area contributed by atoms with E-state index in [2.05, 4.69) is 10.2 Å². The topological polar surface area (TPSA) is 84.3 Å². The molecule has 3 rings (SSSR count). The summed E-state index contributed by atoms with van der Waals surface area (Å²) in [6, 6.07) is 20.8. The summed E-state index contributed by atoms with van der Waals surface area (Å²) in [7, 11) is -3.32. The molecule has 27 heavy (non-hydrogen) atoms. The van der Waals surface area contributed by atoms with Crippen molar-refractivity contribution in [2.75, 3.05) is 10.2 Å². The molecule has 0 aliphatic carbocycles. The van der Waals surface area contributed by atoms with Gasteiger partial charge in [0, 0.05) is 23.5 Å². The Morgan fingerprint density at radius 3 is 1.52 bits per heavy atom. The Kier molecular flexibility index (Phi) is 5.28. The van der Waals surface area contributed by atoms with Crippen molar-refractivity contribution in [1.82, 2.24) is 0 Å². The first-order valence-electron chi connectivity index (χ1n) is 8.41. The first-order chi connectivity index (χ1) is 12.9. The van der Waals surface area contributed by atoms with E-state index in [0.29, 0.717) is 16.7 Å². The van der Waals surface area contributed by atoms with Crippen LogP contribution in [0.3, 0.4) is 0 Å². The van der Waals surface area contributed by atoms with E-state index in [-0.39, 0.29) is 5.69 Å². The van der Waals surface area contributed by atoms with Crippen LogP contribution in [-0.2, 0) is 4.57 Å². The largest absolute Gasteiger partial charge is 0.317 e. The Balaban J connectivity index is 1.98. The molecule has 0 fully saturated rings. The van der Waals surface area contributed by atoms with Crippen LogP contribution in [0.2, 0.25) is 0 Å². The molecule has 0 aliphatic rings. The zero-order valence-electron chi connectivity index (χ0n) is 15.0. The quantitative estimate of drug-likeness (QED) is 0.346. The van der Waals surface area contributed by atoms with Crippen molar-refractivity contribution in [3.63, 3.8) is 0 Å². The van der Waals surface area contributed by atoms with E-state index in [0.717, 1.165) is 11.1 Å². The van der Waals surface area contributed by atoms with E-state index in [4.69, 9.17) is 0 Å². The minimum absolute atomic E-state index is 0.0454. The Morgan fingerprint density at radius 2 is 1.15 bits per heavy atom. The second-order valence-electron chi connectivity index (χ2n) is 6.34. The summed E-state index contributed by atoms with van der Waals surface area (Å²) in [5, 5.41) is 17.5.